The Bertz CT molecular complexity index is 1170. The number of aromatic amines is 1. The van der Waals surface area contributed by atoms with Gasteiger partial charge in [-0.05, 0) is 26.0 Å². The summed E-state index contributed by atoms with van der Waals surface area (Å²) in [4.78, 5) is 6.62. The highest BCUT2D eigenvalue weighted by Crippen LogP contribution is 2.31. The smallest absolute Gasteiger partial charge is 0.164 e. The molecule has 9 heteroatoms. The van der Waals surface area contributed by atoms with E-state index in [1.54, 1.807) is 10.6 Å². The molecule has 4 aromatic rings. The number of nitrogens with one attached hydrogen (secondary N) is 3. The predicted octanol–water partition coefficient (Wildman–Crippen LogP) is 2.51. The standard InChI is InChI=1S/C19H21FN8/c1-11-10-28-16(12(2)22-11)9-17(26-28)23-19-18-14(20)7-13(8-15(18)24-25-19)27-5-3-21-4-6-27/h7-10,21H,3-6H2,1-2H3,(H2,23,24,25,26). The van der Waals surface area contributed by atoms with Gasteiger partial charge in [0.2, 0.25) is 0 Å². The third-order valence-electron chi connectivity index (χ3n) is 5.09. The SMILES string of the molecule is Cc1cn2nc(Nc3n[nH]c4cc(N5CCNCC5)cc(F)c34)cc2c(C)n1. The molecule has 3 N–H and O–H groups in total. The lowest BCUT2D eigenvalue weighted by atomic mass is 10.2. The Morgan fingerprint density at radius 3 is 2.79 bits per heavy atom. The van der Waals surface area contributed by atoms with Crippen molar-refractivity contribution in [3.63, 3.8) is 0 Å². The number of piperazine rings is 1. The Balaban J connectivity index is 1.50. The number of fused-ring (bicyclic) bond motifs is 2. The monoisotopic (exact) mass is 380 g/mol. The summed E-state index contributed by atoms with van der Waals surface area (Å²) in [5.74, 6) is 0.708. The molecule has 0 spiro atoms. The number of H-pyrrole nitrogens is 1. The number of halogens is 1. The normalized spacial score (nSPS) is 14.9. The molecule has 0 bridgehead atoms. The molecule has 4 heterocycles. The zero-order chi connectivity index (χ0) is 19.3. The van der Waals surface area contributed by atoms with E-state index < -0.39 is 0 Å². The second kappa shape index (κ2) is 6.45. The van der Waals surface area contributed by atoms with Gasteiger partial charge in [0.15, 0.2) is 11.6 Å². The number of anilines is 3. The van der Waals surface area contributed by atoms with Gasteiger partial charge in [-0.15, -0.1) is 5.10 Å². The van der Waals surface area contributed by atoms with E-state index in [4.69, 9.17) is 0 Å². The highest BCUT2D eigenvalue weighted by molar-refractivity contribution is 5.94. The van der Waals surface area contributed by atoms with Crippen LogP contribution in [-0.4, -0.2) is 51.0 Å². The number of aryl methyl sites for hydroxylation is 2. The molecule has 1 fully saturated rings. The van der Waals surface area contributed by atoms with E-state index in [1.165, 1.54) is 0 Å². The number of hydrogen-bond donors (Lipinski definition) is 3. The Morgan fingerprint density at radius 1 is 1.14 bits per heavy atom. The number of aromatic nitrogens is 5. The van der Waals surface area contributed by atoms with Crippen molar-refractivity contribution in [3.05, 3.63) is 41.6 Å². The maximum atomic E-state index is 14.9. The van der Waals surface area contributed by atoms with Crippen LogP contribution in [0.15, 0.2) is 24.4 Å². The lowest BCUT2D eigenvalue weighted by Crippen LogP contribution is -2.43. The van der Waals surface area contributed by atoms with E-state index in [0.29, 0.717) is 22.5 Å². The summed E-state index contributed by atoms with van der Waals surface area (Å²) in [6.07, 6.45) is 1.86. The van der Waals surface area contributed by atoms with Gasteiger partial charge in [-0.25, -0.2) is 8.91 Å². The molecule has 0 saturated carbocycles. The van der Waals surface area contributed by atoms with Crippen LogP contribution in [0.3, 0.4) is 0 Å². The van der Waals surface area contributed by atoms with Gasteiger partial charge in [0, 0.05) is 37.9 Å². The Kier molecular flexibility index (Phi) is 3.90. The summed E-state index contributed by atoms with van der Waals surface area (Å²) in [6, 6.07) is 5.41. The molecule has 0 atom stereocenters. The highest BCUT2D eigenvalue weighted by Gasteiger charge is 2.18. The topological polar surface area (TPSA) is 86.2 Å². The van der Waals surface area contributed by atoms with Crippen molar-refractivity contribution < 1.29 is 4.39 Å². The number of rotatable bonds is 3. The number of hydrogen-bond acceptors (Lipinski definition) is 6. The molecule has 5 rings (SSSR count). The highest BCUT2D eigenvalue weighted by atomic mass is 19.1. The molecule has 1 aliphatic rings. The van der Waals surface area contributed by atoms with Crippen LogP contribution in [0, 0.1) is 19.7 Å². The first-order valence-corrected chi connectivity index (χ1v) is 9.32. The van der Waals surface area contributed by atoms with Gasteiger partial charge in [0.05, 0.1) is 34.0 Å². The summed E-state index contributed by atoms with van der Waals surface area (Å²) in [6.45, 7) is 7.38. The largest absolute Gasteiger partial charge is 0.369 e. The third-order valence-corrected chi connectivity index (χ3v) is 5.09. The molecule has 1 aromatic carbocycles. The molecule has 0 aliphatic carbocycles. The fourth-order valence-corrected chi connectivity index (χ4v) is 3.76. The molecule has 1 aliphatic heterocycles. The quantitative estimate of drug-likeness (QED) is 0.506. The molecular weight excluding hydrogens is 359 g/mol. The summed E-state index contributed by atoms with van der Waals surface area (Å²) >= 11 is 0. The van der Waals surface area contributed by atoms with Crippen molar-refractivity contribution in [2.75, 3.05) is 36.4 Å². The van der Waals surface area contributed by atoms with Gasteiger partial charge < -0.3 is 15.5 Å². The predicted molar refractivity (Wildman–Crippen MR) is 107 cm³/mol. The van der Waals surface area contributed by atoms with E-state index in [-0.39, 0.29) is 5.82 Å². The van der Waals surface area contributed by atoms with E-state index in [0.717, 1.165) is 48.8 Å². The van der Waals surface area contributed by atoms with Gasteiger partial charge in [-0.1, -0.05) is 0 Å². The first-order valence-electron chi connectivity index (χ1n) is 9.32. The fourth-order valence-electron chi connectivity index (χ4n) is 3.76. The van der Waals surface area contributed by atoms with Gasteiger partial charge >= 0.3 is 0 Å². The first kappa shape index (κ1) is 16.9. The lowest BCUT2D eigenvalue weighted by molar-refractivity contribution is 0.586. The van der Waals surface area contributed by atoms with Crippen molar-refractivity contribution in [2.45, 2.75) is 13.8 Å². The van der Waals surface area contributed by atoms with Crippen molar-refractivity contribution >= 4 is 33.7 Å². The van der Waals surface area contributed by atoms with E-state index in [1.807, 2.05) is 32.2 Å². The summed E-state index contributed by atoms with van der Waals surface area (Å²) in [5.41, 5.74) is 4.20. The first-order chi connectivity index (χ1) is 13.6. The van der Waals surface area contributed by atoms with Gasteiger partial charge in [-0.3, -0.25) is 10.1 Å². The molecule has 144 valence electrons. The van der Waals surface area contributed by atoms with Crippen LogP contribution in [0.1, 0.15) is 11.4 Å². The van der Waals surface area contributed by atoms with Crippen molar-refractivity contribution in [1.82, 2.24) is 30.1 Å². The van der Waals surface area contributed by atoms with Crippen LogP contribution >= 0.6 is 0 Å². The molecule has 3 aromatic heterocycles. The number of nitrogens with zero attached hydrogens (tertiary/aromatic N) is 5. The Morgan fingerprint density at radius 2 is 1.96 bits per heavy atom. The minimum atomic E-state index is -0.306. The minimum Gasteiger partial charge on any atom is -0.369 e. The van der Waals surface area contributed by atoms with Crippen LogP contribution in [0.25, 0.3) is 16.4 Å². The van der Waals surface area contributed by atoms with Crippen molar-refractivity contribution in [2.24, 2.45) is 0 Å². The van der Waals surface area contributed by atoms with Crippen LogP contribution in [0.4, 0.5) is 21.7 Å². The molecular formula is C19H21FN8. The van der Waals surface area contributed by atoms with Crippen LogP contribution < -0.4 is 15.5 Å². The summed E-state index contributed by atoms with van der Waals surface area (Å²) < 4.78 is 16.7. The van der Waals surface area contributed by atoms with Crippen molar-refractivity contribution in [1.29, 1.82) is 0 Å². The van der Waals surface area contributed by atoms with Crippen molar-refractivity contribution in [3.8, 4) is 0 Å². The lowest BCUT2D eigenvalue weighted by Gasteiger charge is -2.29. The molecule has 1 saturated heterocycles. The second-order valence-corrected chi connectivity index (χ2v) is 7.11. The van der Waals surface area contributed by atoms with Crippen LogP contribution in [0.2, 0.25) is 0 Å². The zero-order valence-electron chi connectivity index (χ0n) is 15.8. The van der Waals surface area contributed by atoms with Gasteiger partial charge in [0.1, 0.15) is 5.82 Å². The Labute approximate surface area is 160 Å². The van der Waals surface area contributed by atoms with E-state index in [2.05, 4.69) is 35.8 Å². The zero-order valence-corrected chi connectivity index (χ0v) is 15.8. The van der Waals surface area contributed by atoms with Gasteiger partial charge in [0.25, 0.3) is 0 Å². The average Bonchev–Trinajstić information content (AvgIpc) is 3.27. The van der Waals surface area contributed by atoms with Crippen LogP contribution in [-0.2, 0) is 0 Å². The molecule has 0 unspecified atom stereocenters. The molecule has 0 radical (unpaired) electrons. The van der Waals surface area contributed by atoms with E-state index >= 15 is 0 Å². The minimum absolute atomic E-state index is 0.306. The summed E-state index contributed by atoms with van der Waals surface area (Å²) in [5, 5.41) is 18.6. The Hall–Kier alpha value is -3.20. The molecule has 0 amide bonds. The number of benzene rings is 1. The van der Waals surface area contributed by atoms with E-state index in [9.17, 15) is 4.39 Å². The second-order valence-electron chi connectivity index (χ2n) is 7.11. The maximum Gasteiger partial charge on any atom is 0.164 e. The molecule has 8 nitrogen and oxygen atoms in total. The average molecular weight is 380 g/mol. The van der Waals surface area contributed by atoms with Crippen LogP contribution in [0.5, 0.6) is 0 Å². The third kappa shape index (κ3) is 2.84. The maximum absolute atomic E-state index is 14.9. The fraction of sp³-hybridized carbons (Fsp3) is 0.316. The van der Waals surface area contributed by atoms with Gasteiger partial charge in [-0.2, -0.15) is 5.10 Å². The summed E-state index contributed by atoms with van der Waals surface area (Å²) in [7, 11) is 0. The molecule has 28 heavy (non-hydrogen) atoms.